The first-order chi connectivity index (χ1) is 11.1. The number of amides is 2. The van der Waals surface area contributed by atoms with Gasteiger partial charge in [0, 0.05) is 12.2 Å². The normalized spacial score (nSPS) is 20.1. The summed E-state index contributed by atoms with van der Waals surface area (Å²) >= 11 is 0. The summed E-state index contributed by atoms with van der Waals surface area (Å²) < 4.78 is 58.8. The van der Waals surface area contributed by atoms with E-state index in [1.54, 1.807) is 13.8 Å². The van der Waals surface area contributed by atoms with Crippen molar-refractivity contribution in [1.29, 1.82) is 0 Å². The van der Waals surface area contributed by atoms with Crippen LogP contribution in [0.2, 0.25) is 0 Å². The maximum absolute atomic E-state index is 12.5. The summed E-state index contributed by atoms with van der Waals surface area (Å²) in [6.45, 7) is 4.02. The van der Waals surface area contributed by atoms with Crippen molar-refractivity contribution in [1.82, 2.24) is 5.32 Å². The SMILES string of the molecule is CC1(C)OC[C@@H](CNC(=O)Nc2cccc(S(=O)(=O)C(F)F)c2)O1. The smallest absolute Gasteiger partial charge is 0.341 e. The Bertz CT molecular complexity index is 709. The van der Waals surface area contributed by atoms with E-state index in [0.29, 0.717) is 6.61 Å². The highest BCUT2D eigenvalue weighted by molar-refractivity contribution is 7.91. The van der Waals surface area contributed by atoms with Crippen molar-refractivity contribution in [3.63, 3.8) is 0 Å². The Balaban J connectivity index is 1.93. The molecule has 0 radical (unpaired) electrons. The van der Waals surface area contributed by atoms with E-state index in [0.717, 1.165) is 12.1 Å². The van der Waals surface area contributed by atoms with Gasteiger partial charge < -0.3 is 20.1 Å². The summed E-state index contributed by atoms with van der Waals surface area (Å²) in [6, 6.07) is 4.05. The summed E-state index contributed by atoms with van der Waals surface area (Å²) in [5.74, 6) is -4.23. The number of hydrogen-bond donors (Lipinski definition) is 2. The number of nitrogens with one attached hydrogen (secondary N) is 2. The molecule has 24 heavy (non-hydrogen) atoms. The molecule has 2 rings (SSSR count). The average molecular weight is 364 g/mol. The zero-order valence-corrected chi connectivity index (χ0v) is 13.9. The summed E-state index contributed by atoms with van der Waals surface area (Å²) in [5.41, 5.74) is 0.0816. The number of urea groups is 1. The number of benzene rings is 1. The minimum atomic E-state index is -4.72. The molecule has 1 aliphatic heterocycles. The fraction of sp³-hybridized carbons (Fsp3) is 0.500. The minimum Gasteiger partial charge on any atom is -0.348 e. The zero-order chi connectivity index (χ0) is 18.0. The zero-order valence-electron chi connectivity index (χ0n) is 13.1. The molecule has 1 aliphatic rings. The van der Waals surface area contributed by atoms with Gasteiger partial charge in [0.2, 0.25) is 9.84 Å². The number of carbonyl (C=O) groups excluding carboxylic acids is 1. The highest BCUT2D eigenvalue weighted by atomic mass is 32.2. The van der Waals surface area contributed by atoms with E-state index in [9.17, 15) is 22.0 Å². The monoisotopic (exact) mass is 364 g/mol. The molecule has 1 fully saturated rings. The van der Waals surface area contributed by atoms with Crippen molar-refractivity contribution >= 4 is 21.6 Å². The third-order valence-corrected chi connectivity index (χ3v) is 4.59. The minimum absolute atomic E-state index is 0.0816. The van der Waals surface area contributed by atoms with Crippen LogP contribution in [0.3, 0.4) is 0 Å². The molecule has 0 bridgehead atoms. The molecular formula is C14H18F2N2O5S. The van der Waals surface area contributed by atoms with Crippen LogP contribution in [-0.2, 0) is 19.3 Å². The van der Waals surface area contributed by atoms with Crippen LogP contribution in [0, 0.1) is 0 Å². The van der Waals surface area contributed by atoms with Crippen molar-refractivity contribution < 1.29 is 31.5 Å². The number of halogens is 2. The molecule has 0 aliphatic carbocycles. The molecule has 0 unspecified atom stereocenters. The highest BCUT2D eigenvalue weighted by Gasteiger charge is 2.32. The maximum atomic E-state index is 12.5. The Morgan fingerprint density at radius 3 is 2.71 bits per heavy atom. The van der Waals surface area contributed by atoms with Gasteiger partial charge >= 0.3 is 11.8 Å². The molecule has 134 valence electrons. The van der Waals surface area contributed by atoms with Gasteiger partial charge in [0.25, 0.3) is 0 Å². The first-order valence-corrected chi connectivity index (χ1v) is 8.63. The van der Waals surface area contributed by atoms with Crippen LogP contribution in [0.4, 0.5) is 19.3 Å². The Kier molecular flexibility index (Phi) is 5.41. The lowest BCUT2D eigenvalue weighted by molar-refractivity contribution is -0.137. The summed E-state index contributed by atoms with van der Waals surface area (Å²) in [4.78, 5) is 11.2. The van der Waals surface area contributed by atoms with Crippen molar-refractivity contribution in [2.24, 2.45) is 0 Å². The lowest BCUT2D eigenvalue weighted by Crippen LogP contribution is -2.37. The number of anilines is 1. The van der Waals surface area contributed by atoms with E-state index >= 15 is 0 Å². The molecule has 1 aromatic rings. The van der Waals surface area contributed by atoms with Crippen LogP contribution in [0.15, 0.2) is 29.2 Å². The Labute approximate surface area is 138 Å². The molecule has 10 heteroatoms. The lowest BCUT2D eigenvalue weighted by Gasteiger charge is -2.17. The third kappa shape index (κ3) is 4.62. The molecule has 1 atom stereocenters. The third-order valence-electron chi connectivity index (χ3n) is 3.21. The van der Waals surface area contributed by atoms with Gasteiger partial charge in [0.05, 0.1) is 11.5 Å². The highest BCUT2D eigenvalue weighted by Crippen LogP contribution is 2.22. The Hall–Kier alpha value is -1.78. The predicted molar refractivity (Wildman–Crippen MR) is 81.6 cm³/mol. The fourth-order valence-electron chi connectivity index (χ4n) is 2.10. The average Bonchev–Trinajstić information content (AvgIpc) is 2.84. The van der Waals surface area contributed by atoms with Crippen LogP contribution >= 0.6 is 0 Å². The van der Waals surface area contributed by atoms with Crippen molar-refractivity contribution in [3.05, 3.63) is 24.3 Å². The van der Waals surface area contributed by atoms with Gasteiger partial charge in [-0.1, -0.05) is 6.07 Å². The van der Waals surface area contributed by atoms with Gasteiger partial charge in [0.15, 0.2) is 5.79 Å². The first kappa shape index (κ1) is 18.6. The molecule has 2 amide bonds. The molecule has 2 N–H and O–H groups in total. The second-order valence-electron chi connectivity index (χ2n) is 5.62. The second kappa shape index (κ2) is 6.99. The van der Waals surface area contributed by atoms with Gasteiger partial charge in [0.1, 0.15) is 6.10 Å². The van der Waals surface area contributed by atoms with E-state index in [4.69, 9.17) is 9.47 Å². The summed E-state index contributed by atoms with van der Waals surface area (Å²) in [7, 11) is -4.72. The molecule has 1 heterocycles. The molecule has 1 aromatic carbocycles. The van der Waals surface area contributed by atoms with Crippen LogP contribution in [-0.4, -0.2) is 45.2 Å². The number of hydrogen-bond acceptors (Lipinski definition) is 5. The van der Waals surface area contributed by atoms with E-state index in [1.165, 1.54) is 12.1 Å². The Morgan fingerprint density at radius 2 is 2.12 bits per heavy atom. The largest absolute Gasteiger partial charge is 0.348 e. The van der Waals surface area contributed by atoms with Crippen LogP contribution in [0.25, 0.3) is 0 Å². The van der Waals surface area contributed by atoms with E-state index in [-0.39, 0.29) is 18.3 Å². The Morgan fingerprint density at radius 1 is 1.42 bits per heavy atom. The molecule has 7 nitrogen and oxygen atoms in total. The number of ether oxygens (including phenoxy) is 2. The number of carbonyl (C=O) groups is 1. The van der Waals surface area contributed by atoms with Gasteiger partial charge in [-0.05, 0) is 32.0 Å². The first-order valence-electron chi connectivity index (χ1n) is 7.09. The number of sulfone groups is 1. The standard InChI is InChI=1S/C14H18F2N2O5S/c1-14(2)22-8-10(23-14)7-17-13(19)18-9-4-3-5-11(6-9)24(20,21)12(15)16/h3-6,10,12H,7-8H2,1-2H3,(H2,17,18,19)/t10-/m1/s1. The van der Waals surface area contributed by atoms with Crippen LogP contribution in [0.1, 0.15) is 13.8 Å². The topological polar surface area (TPSA) is 93.7 Å². The molecule has 0 saturated carbocycles. The fourth-order valence-corrected chi connectivity index (χ4v) is 2.86. The molecule has 1 saturated heterocycles. The van der Waals surface area contributed by atoms with Crippen molar-refractivity contribution in [3.8, 4) is 0 Å². The van der Waals surface area contributed by atoms with E-state index in [2.05, 4.69) is 10.6 Å². The molecule has 0 aromatic heterocycles. The summed E-state index contributed by atoms with van der Waals surface area (Å²) in [5, 5.41) is 4.92. The summed E-state index contributed by atoms with van der Waals surface area (Å²) in [6.07, 6.45) is -0.309. The van der Waals surface area contributed by atoms with Gasteiger partial charge in [-0.25, -0.2) is 13.2 Å². The number of rotatable bonds is 5. The molecule has 0 spiro atoms. The van der Waals surface area contributed by atoms with Gasteiger partial charge in [-0.15, -0.1) is 0 Å². The van der Waals surface area contributed by atoms with E-state index in [1.807, 2.05) is 0 Å². The van der Waals surface area contributed by atoms with Crippen molar-refractivity contribution in [2.75, 3.05) is 18.5 Å². The van der Waals surface area contributed by atoms with Crippen LogP contribution in [0.5, 0.6) is 0 Å². The predicted octanol–water partition coefficient (Wildman–Crippen LogP) is 1.96. The second-order valence-corrected chi connectivity index (χ2v) is 7.54. The van der Waals surface area contributed by atoms with Gasteiger partial charge in [-0.3, -0.25) is 0 Å². The lowest BCUT2D eigenvalue weighted by atomic mass is 10.3. The molecular weight excluding hydrogens is 346 g/mol. The van der Waals surface area contributed by atoms with Crippen molar-refractivity contribution in [2.45, 2.75) is 36.4 Å². The van der Waals surface area contributed by atoms with E-state index < -0.39 is 32.3 Å². The van der Waals surface area contributed by atoms with Crippen LogP contribution < -0.4 is 10.6 Å². The quantitative estimate of drug-likeness (QED) is 0.833. The van der Waals surface area contributed by atoms with Gasteiger partial charge in [-0.2, -0.15) is 8.78 Å². The maximum Gasteiger partial charge on any atom is 0.341 e. The number of alkyl halides is 2.